The maximum Gasteiger partial charge on any atom is 0.419 e. The molecule has 0 saturated heterocycles. The van der Waals surface area contributed by atoms with E-state index in [0.717, 1.165) is 10.9 Å². The summed E-state index contributed by atoms with van der Waals surface area (Å²) in [5.41, 5.74) is 1.51. The fourth-order valence-corrected chi connectivity index (χ4v) is 3.46. The number of carboxylic acids is 1. The number of hydrogen-bond acceptors (Lipinski definition) is 5. The number of alkyl carbamates (subject to hydrolysis) is 1. The van der Waals surface area contributed by atoms with E-state index in [0.29, 0.717) is 11.1 Å². The van der Waals surface area contributed by atoms with Crippen LogP contribution in [-0.4, -0.2) is 39.5 Å². The van der Waals surface area contributed by atoms with Crippen molar-refractivity contribution in [3.63, 3.8) is 0 Å². The number of rotatable bonds is 7. The second-order valence-corrected chi connectivity index (χ2v) is 8.73. The fraction of sp³-hybridized carbons (Fsp3) is 0.320. The summed E-state index contributed by atoms with van der Waals surface area (Å²) >= 11 is 0. The molecule has 0 radical (unpaired) electrons. The topological polar surface area (TPSA) is 107 Å². The molecular weight excluding hydrogens is 424 g/mol. The Bertz CT molecular complexity index is 1130. The van der Waals surface area contributed by atoms with Gasteiger partial charge in [-0.15, -0.1) is 0 Å². The zero-order chi connectivity index (χ0) is 24.0. The van der Waals surface area contributed by atoms with Gasteiger partial charge in [0.1, 0.15) is 12.2 Å². The monoisotopic (exact) mass is 452 g/mol. The van der Waals surface area contributed by atoms with Crippen molar-refractivity contribution in [2.24, 2.45) is 0 Å². The fourth-order valence-electron chi connectivity index (χ4n) is 3.46. The summed E-state index contributed by atoms with van der Waals surface area (Å²) in [6.45, 7) is 5.42. The summed E-state index contributed by atoms with van der Waals surface area (Å²) in [6.07, 6.45) is 0.288. The number of carbonyl (C=O) groups is 3. The van der Waals surface area contributed by atoms with Gasteiger partial charge >= 0.3 is 18.2 Å². The number of nitrogens with one attached hydrogen (secondary N) is 1. The second kappa shape index (κ2) is 10.2. The van der Waals surface area contributed by atoms with E-state index < -0.39 is 29.8 Å². The molecule has 1 heterocycles. The van der Waals surface area contributed by atoms with Crippen molar-refractivity contribution >= 4 is 29.1 Å². The lowest BCUT2D eigenvalue weighted by molar-refractivity contribution is -0.137. The van der Waals surface area contributed by atoms with Crippen molar-refractivity contribution in [2.75, 3.05) is 0 Å². The number of aliphatic carboxylic acids is 1. The van der Waals surface area contributed by atoms with E-state index in [9.17, 15) is 19.5 Å². The molecule has 0 aliphatic carbocycles. The number of benzene rings is 2. The Labute approximate surface area is 192 Å². The van der Waals surface area contributed by atoms with Crippen LogP contribution in [-0.2, 0) is 27.3 Å². The summed E-state index contributed by atoms with van der Waals surface area (Å²) in [5.74, 6) is -1.06. The Kier molecular flexibility index (Phi) is 7.37. The van der Waals surface area contributed by atoms with E-state index in [-0.39, 0.29) is 19.4 Å². The van der Waals surface area contributed by atoms with Gasteiger partial charge in [0.15, 0.2) is 0 Å². The van der Waals surface area contributed by atoms with Crippen LogP contribution in [0.4, 0.5) is 9.59 Å². The molecule has 0 saturated carbocycles. The molecular formula is C25H28N2O6. The lowest BCUT2D eigenvalue weighted by atomic mass is 10.0. The Morgan fingerprint density at radius 2 is 1.70 bits per heavy atom. The van der Waals surface area contributed by atoms with Gasteiger partial charge < -0.3 is 19.9 Å². The molecule has 1 aromatic heterocycles. The summed E-state index contributed by atoms with van der Waals surface area (Å²) in [5, 5.41) is 12.8. The van der Waals surface area contributed by atoms with Crippen LogP contribution in [0.1, 0.15) is 38.3 Å². The van der Waals surface area contributed by atoms with E-state index in [1.54, 1.807) is 39.1 Å². The van der Waals surface area contributed by atoms with Gasteiger partial charge in [0.2, 0.25) is 0 Å². The summed E-state index contributed by atoms with van der Waals surface area (Å²) in [4.78, 5) is 36.5. The van der Waals surface area contributed by atoms with Gasteiger partial charge in [-0.1, -0.05) is 48.5 Å². The van der Waals surface area contributed by atoms with Crippen LogP contribution in [0.3, 0.4) is 0 Å². The van der Waals surface area contributed by atoms with E-state index in [4.69, 9.17) is 9.47 Å². The molecule has 2 N–H and O–H groups in total. The third-order valence-corrected chi connectivity index (χ3v) is 4.81. The number of aromatic nitrogens is 1. The molecule has 0 spiro atoms. The highest BCUT2D eigenvalue weighted by Gasteiger charge is 2.23. The Morgan fingerprint density at radius 1 is 1.03 bits per heavy atom. The van der Waals surface area contributed by atoms with Gasteiger partial charge in [0.05, 0.1) is 11.9 Å². The first-order valence-electron chi connectivity index (χ1n) is 10.6. The first kappa shape index (κ1) is 23.8. The molecule has 1 amide bonds. The number of carboxylic acid groups (broad SMARTS) is 1. The zero-order valence-corrected chi connectivity index (χ0v) is 18.9. The van der Waals surface area contributed by atoms with E-state index in [1.807, 2.05) is 42.5 Å². The Balaban J connectivity index is 1.78. The van der Waals surface area contributed by atoms with E-state index in [2.05, 4.69) is 5.32 Å². The molecule has 33 heavy (non-hydrogen) atoms. The minimum Gasteiger partial charge on any atom is -0.481 e. The van der Waals surface area contributed by atoms with Gasteiger partial charge in [-0.3, -0.25) is 9.36 Å². The molecule has 3 rings (SSSR count). The SMILES string of the molecule is CC(C)(C)OC(=O)n1cc(C[C@@H](CC(=O)O)NC(=O)OCc2ccccc2)c2ccccc21. The van der Waals surface area contributed by atoms with Crippen LogP contribution in [0.2, 0.25) is 0 Å². The average Bonchev–Trinajstić information content (AvgIpc) is 3.10. The number of amides is 1. The summed E-state index contributed by atoms with van der Waals surface area (Å²) in [7, 11) is 0. The van der Waals surface area contributed by atoms with Crippen LogP contribution in [0.5, 0.6) is 0 Å². The molecule has 2 aromatic carbocycles. The van der Waals surface area contributed by atoms with E-state index in [1.165, 1.54) is 4.57 Å². The highest BCUT2D eigenvalue weighted by Crippen LogP contribution is 2.24. The molecule has 8 nitrogen and oxygen atoms in total. The third kappa shape index (κ3) is 6.83. The lowest BCUT2D eigenvalue weighted by Gasteiger charge is -2.19. The predicted octanol–water partition coefficient (Wildman–Crippen LogP) is 4.74. The molecule has 8 heteroatoms. The number of hydrogen-bond donors (Lipinski definition) is 2. The largest absolute Gasteiger partial charge is 0.481 e. The van der Waals surface area contributed by atoms with Crippen molar-refractivity contribution in [1.82, 2.24) is 9.88 Å². The maximum atomic E-state index is 12.7. The standard InChI is InChI=1S/C25H28N2O6/c1-25(2,3)33-24(31)27-15-18(20-11-7-8-12-21(20)27)13-19(14-22(28)29)26-23(30)32-16-17-9-5-4-6-10-17/h4-12,15,19H,13-14,16H2,1-3H3,(H,26,30)(H,28,29)/t19-/m0/s1. The van der Waals surface area contributed by atoms with Crippen molar-refractivity contribution in [3.8, 4) is 0 Å². The minimum atomic E-state index is -1.06. The number of nitrogens with zero attached hydrogens (tertiary/aromatic N) is 1. The van der Waals surface area contributed by atoms with Gasteiger partial charge in [0.25, 0.3) is 0 Å². The third-order valence-electron chi connectivity index (χ3n) is 4.81. The number of fused-ring (bicyclic) bond motifs is 1. The van der Waals surface area contributed by atoms with Gasteiger partial charge in [-0.25, -0.2) is 9.59 Å². The van der Waals surface area contributed by atoms with Crippen LogP contribution in [0.15, 0.2) is 60.8 Å². The Morgan fingerprint density at radius 3 is 2.36 bits per heavy atom. The molecule has 3 aromatic rings. The van der Waals surface area contributed by atoms with Crippen molar-refractivity contribution < 1.29 is 29.0 Å². The molecule has 0 unspecified atom stereocenters. The van der Waals surface area contributed by atoms with Gasteiger partial charge in [0, 0.05) is 17.6 Å². The number of ether oxygens (including phenoxy) is 2. The molecule has 174 valence electrons. The van der Waals surface area contributed by atoms with E-state index >= 15 is 0 Å². The normalized spacial score (nSPS) is 12.2. The molecule has 0 fully saturated rings. The molecule has 0 aliphatic rings. The van der Waals surface area contributed by atoms with Crippen molar-refractivity contribution in [3.05, 3.63) is 71.9 Å². The predicted molar refractivity (Wildman–Crippen MR) is 123 cm³/mol. The summed E-state index contributed by atoms with van der Waals surface area (Å²) in [6, 6.07) is 15.7. The summed E-state index contributed by atoms with van der Waals surface area (Å²) < 4.78 is 12.1. The first-order valence-corrected chi connectivity index (χ1v) is 10.6. The highest BCUT2D eigenvalue weighted by atomic mass is 16.6. The van der Waals surface area contributed by atoms with Crippen molar-refractivity contribution in [1.29, 1.82) is 0 Å². The minimum absolute atomic E-state index is 0.0738. The lowest BCUT2D eigenvalue weighted by Crippen LogP contribution is -2.38. The van der Waals surface area contributed by atoms with Gasteiger partial charge in [-0.05, 0) is 44.4 Å². The average molecular weight is 453 g/mol. The number of para-hydroxylation sites is 1. The Hall–Kier alpha value is -3.81. The van der Waals surface area contributed by atoms with Crippen LogP contribution >= 0.6 is 0 Å². The molecule has 1 atom stereocenters. The second-order valence-electron chi connectivity index (χ2n) is 8.73. The quantitative estimate of drug-likeness (QED) is 0.536. The van der Waals surface area contributed by atoms with Crippen LogP contribution in [0, 0.1) is 0 Å². The van der Waals surface area contributed by atoms with Crippen molar-refractivity contribution in [2.45, 2.75) is 51.9 Å². The smallest absolute Gasteiger partial charge is 0.419 e. The molecule has 0 bridgehead atoms. The number of carbonyl (C=O) groups excluding carboxylic acids is 2. The maximum absolute atomic E-state index is 12.7. The zero-order valence-electron chi connectivity index (χ0n) is 18.9. The van der Waals surface area contributed by atoms with Crippen LogP contribution < -0.4 is 5.32 Å². The highest BCUT2D eigenvalue weighted by molar-refractivity contribution is 5.92. The van der Waals surface area contributed by atoms with Crippen LogP contribution in [0.25, 0.3) is 10.9 Å². The molecule has 0 aliphatic heterocycles. The first-order chi connectivity index (χ1) is 15.6. The van der Waals surface area contributed by atoms with Gasteiger partial charge in [-0.2, -0.15) is 0 Å².